The van der Waals surface area contributed by atoms with Crippen molar-refractivity contribution in [3.8, 4) is 5.75 Å². The number of benzene rings is 1. The number of allylic oxidation sites excluding steroid dienone is 3. The maximum absolute atomic E-state index is 12.3. The molecule has 0 aromatic heterocycles. The van der Waals surface area contributed by atoms with Gasteiger partial charge in [-0.1, -0.05) is 70.2 Å². The van der Waals surface area contributed by atoms with Crippen LogP contribution >= 0.6 is 0 Å². The van der Waals surface area contributed by atoms with Crippen molar-refractivity contribution in [1.82, 2.24) is 10.2 Å². The van der Waals surface area contributed by atoms with Crippen LogP contribution in [0.2, 0.25) is 0 Å². The number of nitrogens with zero attached hydrogens (tertiary/aromatic N) is 1. The van der Waals surface area contributed by atoms with Crippen LogP contribution in [0, 0.1) is 5.92 Å². The average molecular weight is 691 g/mol. The van der Waals surface area contributed by atoms with Crippen molar-refractivity contribution in [2.24, 2.45) is 5.92 Å². The molecule has 0 saturated heterocycles. The third-order valence-electron chi connectivity index (χ3n) is 7.10. The molecule has 0 fully saturated rings. The number of carbonyl (C=O) groups excluding carboxylic acids is 2. The molecule has 9 nitrogen and oxygen atoms in total. The number of esters is 1. The van der Waals surface area contributed by atoms with Gasteiger partial charge in [0.25, 0.3) is 0 Å². The Morgan fingerprint density at radius 2 is 1.71 bits per heavy atom. The summed E-state index contributed by atoms with van der Waals surface area (Å²) >= 11 is 0. The van der Waals surface area contributed by atoms with Crippen molar-refractivity contribution in [3.05, 3.63) is 77.9 Å². The van der Waals surface area contributed by atoms with Gasteiger partial charge in [-0.15, -0.1) is 6.58 Å². The van der Waals surface area contributed by atoms with E-state index in [-0.39, 0.29) is 23.5 Å². The molecule has 0 aliphatic heterocycles. The monoisotopic (exact) mass is 690 g/mol. The lowest BCUT2D eigenvalue weighted by atomic mass is 9.83. The lowest BCUT2D eigenvalue weighted by Gasteiger charge is -2.29. The smallest absolute Gasteiger partial charge is 0.350 e. The molecule has 48 heavy (non-hydrogen) atoms. The largest absolute Gasteiger partial charge is 0.476 e. The van der Waals surface area contributed by atoms with E-state index in [4.69, 9.17) is 14.2 Å². The molecule has 1 aromatic carbocycles. The lowest BCUT2D eigenvalue weighted by molar-refractivity contribution is -0.170. The minimum absolute atomic E-state index is 0.106. The number of nitrogens with one attached hydrogen (secondary N) is 1. The molecule has 0 radical (unpaired) electrons. The van der Waals surface area contributed by atoms with Gasteiger partial charge in [-0.3, -0.25) is 4.90 Å². The van der Waals surface area contributed by atoms with Gasteiger partial charge in [0.15, 0.2) is 15.4 Å². The topological polar surface area (TPSA) is 111 Å². The number of likely N-dealkylation sites (N-methyl/N-ethyl adjacent to an activating group) is 1. The molecule has 0 bridgehead atoms. The Balaban J connectivity index is 0.000000901. The Morgan fingerprint density at radius 1 is 1.08 bits per heavy atom. The standard InChI is InChI=1S/C20H31NO5.C16H25NO2S.C2H6/c1-19(2,3)26-18(23)20(4,5)25-17-9-7-16(8-10-17)15-21(11-13-22)12-14-24-6;1-5-9-13(12-20(18,19)7-3)15-10-8-11-16(17-4)14(15)6-2;1-2/h7-10,13H,11-12,14-15H2,1-6H3;6,8-11,14,16-17H,2,5,7,12H2,1,3-4H3;1-2H3/b;13-9-;. The highest BCUT2D eigenvalue weighted by atomic mass is 32.2. The fourth-order valence-corrected chi connectivity index (χ4v) is 5.60. The van der Waals surface area contributed by atoms with Crippen molar-refractivity contribution in [3.63, 3.8) is 0 Å². The Hall–Kier alpha value is -3.05. The van der Waals surface area contributed by atoms with Crippen LogP contribution < -0.4 is 10.1 Å². The van der Waals surface area contributed by atoms with Crippen LogP contribution in [0.15, 0.2) is 72.4 Å². The van der Waals surface area contributed by atoms with E-state index in [1.54, 1.807) is 27.9 Å². The van der Waals surface area contributed by atoms with Gasteiger partial charge in [-0.25, -0.2) is 13.2 Å². The van der Waals surface area contributed by atoms with Crippen LogP contribution in [0.1, 0.15) is 74.3 Å². The molecule has 1 aromatic rings. The summed E-state index contributed by atoms with van der Waals surface area (Å²) in [4.78, 5) is 25.1. The predicted molar refractivity (Wildman–Crippen MR) is 198 cm³/mol. The Labute approximate surface area is 291 Å². The molecule has 0 saturated carbocycles. The van der Waals surface area contributed by atoms with Crippen molar-refractivity contribution in [2.45, 2.75) is 92.5 Å². The van der Waals surface area contributed by atoms with Gasteiger partial charge in [0, 0.05) is 37.9 Å². The third-order valence-corrected chi connectivity index (χ3v) is 8.73. The molecular formula is C38H62N2O7S. The van der Waals surface area contributed by atoms with Crippen LogP contribution in [-0.4, -0.2) is 88.2 Å². The highest BCUT2D eigenvalue weighted by Gasteiger charge is 2.34. The fourth-order valence-electron chi connectivity index (χ4n) is 4.64. The van der Waals surface area contributed by atoms with E-state index >= 15 is 0 Å². The zero-order valence-corrected chi connectivity index (χ0v) is 32.1. The number of aldehydes is 1. The first-order valence-electron chi connectivity index (χ1n) is 16.8. The first-order chi connectivity index (χ1) is 22.6. The number of sulfone groups is 1. The van der Waals surface area contributed by atoms with Crippen molar-refractivity contribution < 1.29 is 32.2 Å². The van der Waals surface area contributed by atoms with Gasteiger partial charge in [-0.2, -0.15) is 0 Å². The minimum Gasteiger partial charge on any atom is -0.476 e. The normalized spacial score (nSPS) is 16.5. The number of ether oxygens (including phenoxy) is 3. The summed E-state index contributed by atoms with van der Waals surface area (Å²) in [6.07, 6.45) is 11.7. The Morgan fingerprint density at radius 3 is 2.19 bits per heavy atom. The number of hydrogen-bond donors (Lipinski definition) is 1. The SMILES string of the molecule is C=CC1C(/C(=C\CC)CS(=O)(=O)CC)=CC=CC1NC.CC.COCCN(CC=O)Cc1ccc(OC(C)(C)C(=O)OC(C)(C)C)cc1. The summed E-state index contributed by atoms with van der Waals surface area (Å²) in [6.45, 7) is 22.7. The number of hydrogen-bond acceptors (Lipinski definition) is 9. The van der Waals surface area contributed by atoms with Crippen LogP contribution in [0.5, 0.6) is 5.75 Å². The predicted octanol–water partition coefficient (Wildman–Crippen LogP) is 6.50. The number of methoxy groups -OCH3 is 1. The first-order valence-corrected chi connectivity index (χ1v) is 18.6. The Kier molecular flexibility index (Phi) is 21.1. The highest BCUT2D eigenvalue weighted by Crippen LogP contribution is 2.29. The van der Waals surface area contributed by atoms with Gasteiger partial charge in [0.1, 0.15) is 17.6 Å². The molecular weight excluding hydrogens is 628 g/mol. The van der Waals surface area contributed by atoms with Gasteiger partial charge in [0.05, 0.1) is 18.9 Å². The molecule has 1 aliphatic rings. The Bertz CT molecular complexity index is 1310. The van der Waals surface area contributed by atoms with E-state index in [0.717, 1.165) is 29.4 Å². The minimum atomic E-state index is -3.03. The molecule has 0 spiro atoms. The summed E-state index contributed by atoms with van der Waals surface area (Å²) in [7, 11) is 0.506. The van der Waals surface area contributed by atoms with E-state index in [1.807, 2.05) is 102 Å². The molecule has 2 rings (SSSR count). The van der Waals surface area contributed by atoms with Crippen molar-refractivity contribution in [1.29, 1.82) is 0 Å². The van der Waals surface area contributed by atoms with Gasteiger partial charge in [0.2, 0.25) is 0 Å². The number of carbonyl (C=O) groups is 2. The molecule has 2 atom stereocenters. The maximum Gasteiger partial charge on any atom is 0.350 e. The first kappa shape index (κ1) is 45.0. The van der Waals surface area contributed by atoms with Gasteiger partial charge >= 0.3 is 5.97 Å². The van der Waals surface area contributed by atoms with Crippen LogP contribution in [0.4, 0.5) is 0 Å². The van der Waals surface area contributed by atoms with Gasteiger partial charge in [-0.05, 0) is 76.9 Å². The summed E-state index contributed by atoms with van der Waals surface area (Å²) in [6, 6.07) is 7.64. The van der Waals surface area contributed by atoms with Crippen LogP contribution in [-0.2, 0) is 35.4 Å². The molecule has 272 valence electrons. The molecule has 1 N–H and O–H groups in total. The van der Waals surface area contributed by atoms with E-state index < -0.39 is 27.0 Å². The molecule has 1 aliphatic carbocycles. The third kappa shape index (κ3) is 16.9. The van der Waals surface area contributed by atoms with Crippen molar-refractivity contribution in [2.75, 3.05) is 45.4 Å². The second-order valence-corrected chi connectivity index (χ2v) is 14.9. The van der Waals surface area contributed by atoms with E-state index in [0.29, 0.717) is 32.0 Å². The molecule has 0 heterocycles. The lowest BCUT2D eigenvalue weighted by Crippen LogP contribution is -2.43. The van der Waals surface area contributed by atoms with E-state index in [9.17, 15) is 18.0 Å². The zero-order valence-electron chi connectivity index (χ0n) is 31.3. The molecule has 10 heteroatoms. The highest BCUT2D eigenvalue weighted by molar-refractivity contribution is 7.91. The summed E-state index contributed by atoms with van der Waals surface area (Å²) in [5.74, 6) is 0.562. The summed E-state index contributed by atoms with van der Waals surface area (Å²) in [5, 5.41) is 3.23. The zero-order chi connectivity index (χ0) is 37.0. The van der Waals surface area contributed by atoms with E-state index in [2.05, 4.69) is 18.0 Å². The number of rotatable bonds is 17. The van der Waals surface area contributed by atoms with E-state index in [1.165, 1.54) is 0 Å². The van der Waals surface area contributed by atoms with Crippen LogP contribution in [0.3, 0.4) is 0 Å². The van der Waals surface area contributed by atoms with Crippen LogP contribution in [0.25, 0.3) is 0 Å². The summed E-state index contributed by atoms with van der Waals surface area (Å²) in [5.41, 5.74) is 1.36. The maximum atomic E-state index is 12.3. The molecule has 0 amide bonds. The second-order valence-electron chi connectivity index (χ2n) is 12.5. The molecule has 2 unspecified atom stereocenters. The summed E-state index contributed by atoms with van der Waals surface area (Å²) < 4.78 is 40.2. The van der Waals surface area contributed by atoms with Gasteiger partial charge < -0.3 is 24.3 Å². The van der Waals surface area contributed by atoms with Crippen molar-refractivity contribution >= 4 is 22.1 Å². The second kappa shape index (κ2) is 22.6. The average Bonchev–Trinajstić information content (AvgIpc) is 3.04. The quantitative estimate of drug-likeness (QED) is 0.111. The fraction of sp³-hybridized carbons (Fsp3) is 0.579.